The monoisotopic (exact) mass is 260 g/mol. The molecule has 1 rings (SSSR count). The Morgan fingerprint density at radius 2 is 1.94 bits per heavy atom. The predicted molar refractivity (Wildman–Crippen MR) is 67.0 cm³/mol. The van der Waals surface area contributed by atoms with Gasteiger partial charge in [-0.1, -0.05) is 17.7 Å². The molecule has 0 aromatic heterocycles. The Morgan fingerprint density at radius 3 is 2.44 bits per heavy atom. The van der Waals surface area contributed by atoms with Crippen molar-refractivity contribution < 1.29 is 13.0 Å². The molecule has 0 atom stereocenters. The largest absolute Gasteiger partial charge is 0.347 e. The lowest BCUT2D eigenvalue weighted by Gasteiger charge is -2.09. The van der Waals surface area contributed by atoms with Crippen LogP contribution in [0.25, 0.3) is 0 Å². The third-order valence-corrected chi connectivity index (χ3v) is 2.48. The van der Waals surface area contributed by atoms with Crippen molar-refractivity contribution in [2.75, 3.05) is 11.2 Å². The van der Waals surface area contributed by atoms with E-state index in [2.05, 4.69) is 10.6 Å². The lowest BCUT2D eigenvalue weighted by molar-refractivity contribution is 0.481. The average molecular weight is 260 g/mol. The normalized spacial score (nSPS) is 10.9. The van der Waals surface area contributed by atoms with E-state index in [0.29, 0.717) is 0 Å². The first kappa shape index (κ1) is 12.9. The van der Waals surface area contributed by atoms with Crippen molar-refractivity contribution in [2.24, 2.45) is 0 Å². The minimum absolute atomic E-state index is 0.140. The first-order chi connectivity index (χ1) is 7.37. The van der Waals surface area contributed by atoms with Gasteiger partial charge in [0.05, 0.1) is 0 Å². The number of thiocarbonyl (C=S) groups is 1. The van der Waals surface area contributed by atoms with Crippen LogP contribution in [0.4, 0.5) is 5.69 Å². The number of hydrogen-bond donors (Lipinski definition) is 3. The van der Waals surface area contributed by atoms with Crippen molar-refractivity contribution in [1.29, 1.82) is 0 Å². The quantitative estimate of drug-likeness (QED) is 0.558. The second kappa shape index (κ2) is 5.24. The lowest BCUT2D eigenvalue weighted by Crippen LogP contribution is -2.32. The second-order valence-corrected chi connectivity index (χ2v) is 5.08. The minimum atomic E-state index is -4.06. The Bertz CT molecular complexity index is 468. The van der Waals surface area contributed by atoms with Crippen LogP contribution in [0.3, 0.4) is 0 Å². The van der Waals surface area contributed by atoms with E-state index in [0.717, 1.165) is 11.3 Å². The summed E-state index contributed by atoms with van der Waals surface area (Å²) in [6, 6.07) is 7.43. The summed E-state index contributed by atoms with van der Waals surface area (Å²) >= 11 is 4.84. The molecule has 0 saturated carbocycles. The van der Waals surface area contributed by atoms with Gasteiger partial charge in [-0.05, 0) is 31.3 Å². The van der Waals surface area contributed by atoms with Gasteiger partial charge in [0.2, 0.25) is 0 Å². The molecule has 0 aliphatic rings. The fourth-order valence-electron chi connectivity index (χ4n) is 0.969. The van der Waals surface area contributed by atoms with Crippen LogP contribution in [0, 0.1) is 6.92 Å². The van der Waals surface area contributed by atoms with E-state index >= 15 is 0 Å². The van der Waals surface area contributed by atoms with Crippen LogP contribution in [0.1, 0.15) is 5.56 Å². The molecule has 0 amide bonds. The maximum atomic E-state index is 10.4. The van der Waals surface area contributed by atoms with Crippen LogP contribution in [0.2, 0.25) is 0 Å². The molecule has 0 radical (unpaired) electrons. The van der Waals surface area contributed by atoms with Crippen LogP contribution < -0.4 is 10.6 Å². The molecule has 0 spiro atoms. The zero-order valence-corrected chi connectivity index (χ0v) is 10.2. The van der Waals surface area contributed by atoms with Crippen molar-refractivity contribution in [3.8, 4) is 0 Å². The topological polar surface area (TPSA) is 78.4 Å². The molecule has 5 nitrogen and oxygen atoms in total. The molecule has 0 heterocycles. The summed E-state index contributed by atoms with van der Waals surface area (Å²) in [7, 11) is -4.06. The molecule has 0 aliphatic heterocycles. The molecule has 16 heavy (non-hydrogen) atoms. The Hall–Kier alpha value is -1.18. The maximum Gasteiger partial charge on any atom is 0.283 e. The summed E-state index contributed by atoms with van der Waals surface area (Å²) in [5.41, 5.74) is 1.86. The number of rotatable bonds is 3. The maximum absolute atomic E-state index is 10.4. The fourth-order valence-corrected chi connectivity index (χ4v) is 1.58. The Kier molecular flexibility index (Phi) is 4.22. The molecular weight excluding hydrogens is 248 g/mol. The number of nitrogens with one attached hydrogen (secondary N) is 2. The van der Waals surface area contributed by atoms with E-state index in [-0.39, 0.29) is 5.11 Å². The van der Waals surface area contributed by atoms with Gasteiger partial charge in [0.15, 0.2) is 5.11 Å². The second-order valence-electron chi connectivity index (χ2n) is 3.22. The highest BCUT2D eigenvalue weighted by Gasteiger charge is 2.04. The first-order valence-corrected chi connectivity index (χ1v) is 6.45. The van der Waals surface area contributed by atoms with Crippen molar-refractivity contribution in [2.45, 2.75) is 6.92 Å². The summed E-state index contributed by atoms with van der Waals surface area (Å²) in [4.78, 5) is 0. The van der Waals surface area contributed by atoms with Crippen LogP contribution in [0.5, 0.6) is 0 Å². The van der Waals surface area contributed by atoms with Gasteiger partial charge in [0, 0.05) is 5.69 Å². The third-order valence-electron chi connectivity index (χ3n) is 1.72. The van der Waals surface area contributed by atoms with Gasteiger partial charge >= 0.3 is 0 Å². The van der Waals surface area contributed by atoms with E-state index in [9.17, 15) is 8.42 Å². The molecular formula is C9H12N2O3S2. The van der Waals surface area contributed by atoms with Gasteiger partial charge in [0.25, 0.3) is 10.1 Å². The zero-order chi connectivity index (χ0) is 12.2. The van der Waals surface area contributed by atoms with Gasteiger partial charge in [-0.2, -0.15) is 8.42 Å². The first-order valence-electron chi connectivity index (χ1n) is 4.43. The van der Waals surface area contributed by atoms with Crippen LogP contribution in [-0.2, 0) is 10.1 Å². The van der Waals surface area contributed by atoms with Gasteiger partial charge in [-0.25, -0.2) is 0 Å². The summed E-state index contributed by atoms with van der Waals surface area (Å²) < 4.78 is 29.4. The van der Waals surface area contributed by atoms with Crippen LogP contribution >= 0.6 is 12.2 Å². The highest BCUT2D eigenvalue weighted by molar-refractivity contribution is 7.86. The minimum Gasteiger partial charge on any atom is -0.347 e. The molecule has 0 bridgehead atoms. The van der Waals surface area contributed by atoms with Crippen molar-refractivity contribution in [3.63, 3.8) is 0 Å². The van der Waals surface area contributed by atoms with Gasteiger partial charge < -0.3 is 10.6 Å². The molecule has 88 valence electrons. The highest BCUT2D eigenvalue weighted by Crippen LogP contribution is 2.07. The SMILES string of the molecule is Cc1ccc(NC(=S)NCS(=O)(=O)O)cc1. The number of anilines is 1. The van der Waals surface area contributed by atoms with E-state index in [1.807, 2.05) is 31.2 Å². The van der Waals surface area contributed by atoms with Gasteiger partial charge in [-0.15, -0.1) is 0 Å². The Labute approximate surface area is 99.6 Å². The number of aryl methyl sites for hydroxylation is 1. The molecule has 0 aliphatic carbocycles. The number of hydrogen-bond acceptors (Lipinski definition) is 3. The Balaban J connectivity index is 2.49. The van der Waals surface area contributed by atoms with Crippen LogP contribution in [-0.4, -0.2) is 24.0 Å². The molecule has 0 unspecified atom stereocenters. The summed E-state index contributed by atoms with van der Waals surface area (Å²) in [5, 5.41) is 5.29. The van der Waals surface area contributed by atoms with Gasteiger partial charge in [-0.3, -0.25) is 4.55 Å². The Morgan fingerprint density at radius 1 is 1.38 bits per heavy atom. The highest BCUT2D eigenvalue weighted by atomic mass is 32.2. The van der Waals surface area contributed by atoms with Gasteiger partial charge in [0.1, 0.15) is 5.88 Å². The summed E-state index contributed by atoms with van der Waals surface area (Å²) in [6.07, 6.45) is 0. The van der Waals surface area contributed by atoms with E-state index in [1.165, 1.54) is 0 Å². The van der Waals surface area contributed by atoms with E-state index in [4.69, 9.17) is 16.8 Å². The van der Waals surface area contributed by atoms with E-state index in [1.54, 1.807) is 0 Å². The van der Waals surface area contributed by atoms with Crippen molar-refractivity contribution >= 4 is 33.1 Å². The summed E-state index contributed by atoms with van der Waals surface area (Å²) in [5.74, 6) is -0.606. The standard InChI is InChI=1S/C9H12N2O3S2/c1-7-2-4-8(5-3-7)11-9(15)10-6-16(12,13)14/h2-5H,6H2,1H3,(H2,10,11,15)(H,12,13,14). The summed E-state index contributed by atoms with van der Waals surface area (Å²) in [6.45, 7) is 1.96. The fraction of sp³-hybridized carbons (Fsp3) is 0.222. The van der Waals surface area contributed by atoms with Crippen molar-refractivity contribution in [3.05, 3.63) is 29.8 Å². The smallest absolute Gasteiger partial charge is 0.283 e. The third kappa shape index (κ3) is 5.06. The predicted octanol–water partition coefficient (Wildman–Crippen LogP) is 1.13. The molecule has 1 aromatic carbocycles. The molecule has 1 aromatic rings. The average Bonchev–Trinajstić information content (AvgIpc) is 2.18. The zero-order valence-electron chi connectivity index (χ0n) is 8.60. The lowest BCUT2D eigenvalue weighted by atomic mass is 10.2. The molecule has 0 fully saturated rings. The van der Waals surface area contributed by atoms with Crippen LogP contribution in [0.15, 0.2) is 24.3 Å². The molecule has 7 heteroatoms. The van der Waals surface area contributed by atoms with Crippen molar-refractivity contribution in [1.82, 2.24) is 5.32 Å². The number of benzene rings is 1. The molecule has 0 saturated heterocycles. The van der Waals surface area contributed by atoms with E-state index < -0.39 is 16.0 Å². The molecule has 3 N–H and O–H groups in total.